The molecule has 0 fully saturated rings. The van der Waals surface area contributed by atoms with Crippen LogP contribution in [0.25, 0.3) is 0 Å². The van der Waals surface area contributed by atoms with E-state index in [4.69, 9.17) is 18.9 Å². The van der Waals surface area contributed by atoms with E-state index in [9.17, 15) is 4.79 Å². The third kappa shape index (κ3) is 5.80. The molecule has 0 saturated carbocycles. The number of halogens is 1. The number of carbonyl (C=O) groups is 1. The Morgan fingerprint density at radius 3 is 1.91 bits per heavy atom. The van der Waals surface area contributed by atoms with Crippen LogP contribution in [0, 0.1) is 0 Å². The number of hydrogen-bond donors (Lipinski definition) is 1. The van der Waals surface area contributed by atoms with Crippen LogP contribution in [0.1, 0.15) is 24.2 Å². The molecule has 0 atom stereocenters. The normalized spacial score (nSPS) is 10.0. The Hall–Kier alpha value is -1.66. The molecule has 0 bridgehead atoms. The molecule has 0 aliphatic heterocycles. The maximum atomic E-state index is 12.2. The summed E-state index contributed by atoms with van der Waals surface area (Å²) in [7, 11) is 4.54. The fraction of sp³-hybridized carbons (Fsp3) is 0.562. The Balaban J connectivity index is 0.00000484. The van der Waals surface area contributed by atoms with Gasteiger partial charge >= 0.3 is 5.97 Å². The van der Waals surface area contributed by atoms with E-state index in [1.165, 1.54) is 26.2 Å². The summed E-state index contributed by atoms with van der Waals surface area (Å²) in [5.74, 6) is 0.922. The Morgan fingerprint density at radius 1 is 1.00 bits per heavy atom. The van der Waals surface area contributed by atoms with Gasteiger partial charge in [-0.05, 0) is 26.0 Å². The summed E-state index contributed by atoms with van der Waals surface area (Å²) in [6, 6.07) is 3.18. The van der Waals surface area contributed by atoms with Crippen LogP contribution in [0.3, 0.4) is 0 Å². The number of nitrogens with one attached hydrogen (secondary N) is 1. The highest BCUT2D eigenvalue weighted by molar-refractivity contribution is 5.91. The van der Waals surface area contributed by atoms with Crippen molar-refractivity contribution >= 4 is 5.97 Å². The fourth-order valence-electron chi connectivity index (χ4n) is 2.17. The zero-order valence-corrected chi connectivity index (χ0v) is 15.2. The molecule has 0 aromatic heterocycles. The molecular formula is C16H26ClNO5. The molecule has 0 heterocycles. The summed E-state index contributed by atoms with van der Waals surface area (Å²) < 4.78 is 21.0. The van der Waals surface area contributed by atoms with Gasteiger partial charge in [0, 0.05) is 0 Å². The summed E-state index contributed by atoms with van der Waals surface area (Å²) in [6.07, 6.45) is 0. The van der Waals surface area contributed by atoms with Crippen molar-refractivity contribution in [3.05, 3.63) is 17.7 Å². The smallest absolute Gasteiger partial charge is 0.338 e. The Morgan fingerprint density at radius 2 is 1.52 bits per heavy atom. The highest BCUT2D eigenvalue weighted by atomic mass is 35.5. The molecule has 0 amide bonds. The summed E-state index contributed by atoms with van der Waals surface area (Å²) >= 11 is 0. The van der Waals surface area contributed by atoms with Crippen molar-refractivity contribution in [2.75, 3.05) is 47.6 Å². The van der Waals surface area contributed by atoms with Gasteiger partial charge in [-0.2, -0.15) is 0 Å². The molecule has 0 unspecified atom stereocenters. The summed E-state index contributed by atoms with van der Waals surface area (Å²) in [6.45, 7) is 7.42. The van der Waals surface area contributed by atoms with Crippen LogP contribution < -0.4 is 31.5 Å². The fourth-order valence-corrected chi connectivity index (χ4v) is 2.17. The van der Waals surface area contributed by atoms with Crippen molar-refractivity contribution in [2.45, 2.75) is 13.8 Å². The van der Waals surface area contributed by atoms with Crippen molar-refractivity contribution in [1.29, 1.82) is 0 Å². The second-order valence-corrected chi connectivity index (χ2v) is 4.76. The minimum atomic E-state index is -0.397. The predicted molar refractivity (Wildman–Crippen MR) is 83.3 cm³/mol. The number of carbonyl (C=O) groups excluding carboxylic acids is 1. The van der Waals surface area contributed by atoms with Gasteiger partial charge in [-0.15, -0.1) is 0 Å². The van der Waals surface area contributed by atoms with Crippen molar-refractivity contribution in [3.8, 4) is 17.2 Å². The number of esters is 1. The van der Waals surface area contributed by atoms with E-state index < -0.39 is 5.97 Å². The standard InChI is InChI=1S/C16H25NO5.ClH/c1-6-17(7-2)8-9-22-16(18)12-10-13(19-3)15(21-5)14(11-12)20-4;/h10-11H,6-9H2,1-5H3;1H. The van der Waals surface area contributed by atoms with E-state index in [0.29, 0.717) is 29.4 Å². The van der Waals surface area contributed by atoms with Gasteiger partial charge in [-0.1, -0.05) is 0 Å². The minimum Gasteiger partial charge on any atom is -1.00 e. The van der Waals surface area contributed by atoms with Crippen LogP contribution >= 0.6 is 0 Å². The lowest BCUT2D eigenvalue weighted by atomic mass is 10.2. The summed E-state index contributed by atoms with van der Waals surface area (Å²) in [5, 5.41) is 0. The van der Waals surface area contributed by atoms with Crippen molar-refractivity contribution in [3.63, 3.8) is 0 Å². The highest BCUT2D eigenvalue weighted by Gasteiger charge is 2.18. The first-order valence-corrected chi connectivity index (χ1v) is 7.41. The first kappa shape index (κ1) is 21.3. The topological polar surface area (TPSA) is 58.4 Å². The van der Waals surface area contributed by atoms with Crippen molar-refractivity contribution in [2.24, 2.45) is 0 Å². The quantitative estimate of drug-likeness (QED) is 0.514. The van der Waals surface area contributed by atoms with E-state index in [-0.39, 0.29) is 12.4 Å². The maximum absolute atomic E-state index is 12.2. The Labute approximate surface area is 144 Å². The van der Waals surface area contributed by atoms with E-state index in [0.717, 1.165) is 19.6 Å². The summed E-state index contributed by atoms with van der Waals surface area (Å²) in [4.78, 5) is 13.5. The van der Waals surface area contributed by atoms with E-state index >= 15 is 0 Å². The first-order valence-electron chi connectivity index (χ1n) is 7.41. The van der Waals surface area contributed by atoms with Crippen LogP contribution in [-0.4, -0.2) is 53.5 Å². The lowest BCUT2D eigenvalue weighted by molar-refractivity contribution is -0.896. The van der Waals surface area contributed by atoms with Gasteiger partial charge in [0.2, 0.25) is 5.75 Å². The molecule has 1 aromatic rings. The third-order valence-corrected chi connectivity index (χ3v) is 3.59. The zero-order chi connectivity index (χ0) is 16.5. The molecule has 1 aromatic carbocycles. The molecule has 6 nitrogen and oxygen atoms in total. The van der Waals surface area contributed by atoms with Crippen LogP contribution in [0.15, 0.2) is 12.1 Å². The van der Waals surface area contributed by atoms with E-state index in [2.05, 4.69) is 13.8 Å². The molecule has 1 rings (SSSR count). The number of rotatable bonds is 9. The predicted octanol–water partition coefficient (Wildman–Crippen LogP) is -2.20. The summed E-state index contributed by atoms with van der Waals surface area (Å²) in [5.41, 5.74) is 0.379. The Bertz CT molecular complexity index is 466. The molecule has 23 heavy (non-hydrogen) atoms. The average Bonchev–Trinajstić information content (AvgIpc) is 2.56. The maximum Gasteiger partial charge on any atom is 0.338 e. The van der Waals surface area contributed by atoms with Crippen molar-refractivity contribution < 1.29 is 41.0 Å². The second kappa shape index (κ2) is 11.0. The van der Waals surface area contributed by atoms with E-state index in [1.807, 2.05) is 0 Å². The molecular weight excluding hydrogens is 322 g/mol. The van der Waals surface area contributed by atoms with Crippen LogP contribution in [0.4, 0.5) is 0 Å². The number of quaternary nitrogens is 1. The lowest BCUT2D eigenvalue weighted by Crippen LogP contribution is -3.11. The van der Waals surface area contributed by atoms with Gasteiger partial charge in [0.1, 0.15) is 13.2 Å². The van der Waals surface area contributed by atoms with Gasteiger partial charge in [-0.25, -0.2) is 4.79 Å². The van der Waals surface area contributed by atoms with Crippen LogP contribution in [-0.2, 0) is 4.74 Å². The molecule has 132 valence electrons. The van der Waals surface area contributed by atoms with Crippen LogP contribution in [0.2, 0.25) is 0 Å². The number of ether oxygens (including phenoxy) is 4. The molecule has 0 radical (unpaired) electrons. The Kier molecular flexibility index (Phi) is 10.2. The SMILES string of the molecule is CC[NH+](CC)CCOC(=O)c1cc(OC)c(OC)c(OC)c1.[Cl-]. The number of likely N-dealkylation sites (N-methyl/N-ethyl adjacent to an activating group) is 1. The molecule has 0 spiro atoms. The minimum absolute atomic E-state index is 0. The van der Waals surface area contributed by atoms with Crippen molar-refractivity contribution in [1.82, 2.24) is 0 Å². The largest absolute Gasteiger partial charge is 1.00 e. The number of hydrogen-bond acceptors (Lipinski definition) is 5. The third-order valence-electron chi connectivity index (χ3n) is 3.59. The average molecular weight is 348 g/mol. The van der Waals surface area contributed by atoms with Gasteiger partial charge in [0.05, 0.1) is 40.0 Å². The van der Waals surface area contributed by atoms with E-state index in [1.54, 1.807) is 12.1 Å². The molecule has 0 aliphatic carbocycles. The molecule has 1 N–H and O–H groups in total. The number of benzene rings is 1. The van der Waals surface area contributed by atoms with Gasteiger partial charge < -0.3 is 36.3 Å². The molecule has 0 aliphatic rings. The van der Waals surface area contributed by atoms with Crippen LogP contribution in [0.5, 0.6) is 17.2 Å². The monoisotopic (exact) mass is 347 g/mol. The molecule has 7 heteroatoms. The second-order valence-electron chi connectivity index (χ2n) is 4.76. The highest BCUT2D eigenvalue weighted by Crippen LogP contribution is 2.38. The van der Waals surface area contributed by atoms with Gasteiger partial charge in [0.15, 0.2) is 11.5 Å². The molecule has 0 saturated heterocycles. The zero-order valence-electron chi connectivity index (χ0n) is 14.4. The number of methoxy groups -OCH3 is 3. The van der Waals surface area contributed by atoms with Gasteiger partial charge in [-0.3, -0.25) is 0 Å². The lowest BCUT2D eigenvalue weighted by Gasteiger charge is -2.16. The van der Waals surface area contributed by atoms with Gasteiger partial charge in [0.25, 0.3) is 0 Å². The first-order chi connectivity index (χ1) is 10.6.